The molecule has 2 fully saturated rings. The van der Waals surface area contributed by atoms with Crippen LogP contribution < -0.4 is 9.46 Å². The third kappa shape index (κ3) is 4.80. The number of para-hydroxylation sites is 1. The monoisotopic (exact) mass is 415 g/mol. The molecule has 6 nitrogen and oxygen atoms in total. The average Bonchev–Trinajstić information content (AvgIpc) is 2.91. The molecule has 0 amide bonds. The van der Waals surface area contributed by atoms with Crippen LogP contribution in [0.15, 0.2) is 54.6 Å². The van der Waals surface area contributed by atoms with Crippen LogP contribution in [0.5, 0.6) is 11.5 Å². The first-order valence-electron chi connectivity index (χ1n) is 10.1. The molecule has 2 aromatic rings. The molecular formula is C22H29N3O3S. The number of piperidine rings is 1. The zero-order valence-electron chi connectivity index (χ0n) is 17.0. The number of ether oxygens (including phenoxy) is 1. The molecule has 1 aliphatic heterocycles. The van der Waals surface area contributed by atoms with Crippen molar-refractivity contribution in [3.8, 4) is 11.5 Å². The number of likely N-dealkylation sites (tertiary alicyclic amines) is 1. The largest absolute Gasteiger partial charge is 0.457 e. The molecule has 4 rings (SSSR count). The van der Waals surface area contributed by atoms with Gasteiger partial charge >= 0.3 is 0 Å². The fourth-order valence-electron chi connectivity index (χ4n) is 4.51. The molecule has 1 aliphatic carbocycles. The van der Waals surface area contributed by atoms with Crippen LogP contribution in [-0.2, 0) is 16.8 Å². The normalized spacial score (nSPS) is 24.7. The lowest BCUT2D eigenvalue weighted by atomic mass is 9.93. The van der Waals surface area contributed by atoms with Gasteiger partial charge in [-0.2, -0.15) is 17.4 Å². The van der Waals surface area contributed by atoms with E-state index in [1.807, 2.05) is 42.5 Å². The van der Waals surface area contributed by atoms with E-state index in [2.05, 4.69) is 21.8 Å². The van der Waals surface area contributed by atoms with Gasteiger partial charge in [0.2, 0.25) is 0 Å². The van der Waals surface area contributed by atoms with Gasteiger partial charge in [-0.3, -0.25) is 4.90 Å². The topological polar surface area (TPSA) is 61.9 Å². The third-order valence-corrected chi connectivity index (χ3v) is 7.49. The smallest absolute Gasteiger partial charge is 0.279 e. The highest BCUT2D eigenvalue weighted by Crippen LogP contribution is 2.38. The standard InChI is InChI=1S/C22H29N3O3S/c1-24(2)29(26,27)23-22-18-11-12-19(22)16-25(15-18)14-17-7-6-10-21(13-17)28-20-8-4-3-5-9-20/h3-10,13,18-19,22-23H,11-12,14-16H2,1-2H3/t18-,19+,22?. The molecule has 2 aliphatic rings. The van der Waals surface area contributed by atoms with Gasteiger partial charge in [0.1, 0.15) is 11.5 Å². The van der Waals surface area contributed by atoms with E-state index >= 15 is 0 Å². The highest BCUT2D eigenvalue weighted by Gasteiger charge is 2.43. The van der Waals surface area contributed by atoms with Crippen LogP contribution in [0.2, 0.25) is 0 Å². The van der Waals surface area contributed by atoms with Crippen molar-refractivity contribution in [2.75, 3.05) is 27.2 Å². The van der Waals surface area contributed by atoms with Crippen LogP contribution in [0.25, 0.3) is 0 Å². The van der Waals surface area contributed by atoms with Gasteiger partial charge in [0.15, 0.2) is 0 Å². The maximum absolute atomic E-state index is 12.3. The second-order valence-corrected chi connectivity index (χ2v) is 10.2. The van der Waals surface area contributed by atoms with Gasteiger partial charge in [-0.1, -0.05) is 30.3 Å². The molecule has 0 spiro atoms. The van der Waals surface area contributed by atoms with E-state index in [1.54, 1.807) is 14.1 Å². The lowest BCUT2D eigenvalue weighted by molar-refractivity contribution is 0.133. The van der Waals surface area contributed by atoms with Crippen LogP contribution in [-0.4, -0.2) is 50.8 Å². The first kappa shape index (κ1) is 20.3. The van der Waals surface area contributed by atoms with Crippen LogP contribution in [0.1, 0.15) is 18.4 Å². The minimum absolute atomic E-state index is 0.0476. The quantitative estimate of drug-likeness (QED) is 0.755. The van der Waals surface area contributed by atoms with Crippen molar-refractivity contribution < 1.29 is 13.2 Å². The van der Waals surface area contributed by atoms with E-state index in [4.69, 9.17) is 4.74 Å². The highest BCUT2D eigenvalue weighted by atomic mass is 32.2. The summed E-state index contributed by atoms with van der Waals surface area (Å²) in [7, 11) is -0.241. The van der Waals surface area contributed by atoms with Crippen LogP contribution in [0, 0.1) is 11.8 Å². The maximum atomic E-state index is 12.3. The number of nitrogens with one attached hydrogen (secondary N) is 1. The van der Waals surface area contributed by atoms with Gasteiger partial charge in [0.25, 0.3) is 10.2 Å². The van der Waals surface area contributed by atoms with E-state index in [1.165, 1.54) is 9.87 Å². The molecule has 2 bridgehead atoms. The predicted octanol–water partition coefficient (Wildman–Crippen LogP) is 3.09. The molecule has 1 N–H and O–H groups in total. The number of fused-ring (bicyclic) bond motifs is 2. The van der Waals surface area contributed by atoms with E-state index in [0.29, 0.717) is 11.8 Å². The number of rotatable bonds is 7. The summed E-state index contributed by atoms with van der Waals surface area (Å²) in [6, 6.07) is 18.1. The van der Waals surface area contributed by atoms with E-state index in [0.717, 1.165) is 44.0 Å². The minimum atomic E-state index is -3.39. The Labute approximate surface area is 173 Å². The molecule has 1 saturated heterocycles. The van der Waals surface area contributed by atoms with Crippen molar-refractivity contribution in [3.05, 3.63) is 60.2 Å². The molecule has 2 aromatic carbocycles. The molecule has 1 unspecified atom stereocenters. The Kier molecular flexibility index (Phi) is 5.92. The summed E-state index contributed by atoms with van der Waals surface area (Å²) in [5.74, 6) is 2.40. The van der Waals surface area contributed by atoms with Crippen molar-refractivity contribution in [3.63, 3.8) is 0 Å². The van der Waals surface area contributed by atoms with Gasteiger partial charge in [0, 0.05) is 39.8 Å². The van der Waals surface area contributed by atoms with Crippen LogP contribution in [0.4, 0.5) is 0 Å². The lowest BCUT2D eigenvalue weighted by Crippen LogP contribution is -2.54. The van der Waals surface area contributed by atoms with Gasteiger partial charge in [-0.15, -0.1) is 0 Å². The van der Waals surface area contributed by atoms with E-state index < -0.39 is 10.2 Å². The second-order valence-electron chi connectivity index (χ2n) is 8.29. The zero-order chi connectivity index (χ0) is 20.4. The Bertz CT molecular complexity index is 919. The van der Waals surface area contributed by atoms with Crippen molar-refractivity contribution in [2.45, 2.75) is 25.4 Å². The Balaban J connectivity index is 1.39. The summed E-state index contributed by atoms with van der Waals surface area (Å²) >= 11 is 0. The molecule has 3 atom stereocenters. The van der Waals surface area contributed by atoms with Gasteiger partial charge in [-0.25, -0.2) is 0 Å². The first-order chi connectivity index (χ1) is 13.9. The lowest BCUT2D eigenvalue weighted by Gasteiger charge is -2.38. The number of benzene rings is 2. The van der Waals surface area contributed by atoms with Crippen LogP contribution >= 0.6 is 0 Å². The number of nitrogens with zero attached hydrogens (tertiary/aromatic N) is 2. The average molecular weight is 416 g/mol. The van der Waals surface area contributed by atoms with E-state index in [9.17, 15) is 8.42 Å². The third-order valence-electron chi connectivity index (χ3n) is 5.96. The zero-order valence-corrected chi connectivity index (χ0v) is 17.8. The Morgan fingerprint density at radius 3 is 2.31 bits per heavy atom. The molecule has 0 radical (unpaired) electrons. The Morgan fingerprint density at radius 2 is 1.66 bits per heavy atom. The summed E-state index contributed by atoms with van der Waals surface area (Å²) < 4.78 is 34.7. The fourth-order valence-corrected chi connectivity index (χ4v) is 5.45. The van der Waals surface area contributed by atoms with Crippen molar-refractivity contribution in [2.24, 2.45) is 11.8 Å². The molecular weight excluding hydrogens is 386 g/mol. The number of hydrogen-bond acceptors (Lipinski definition) is 4. The fraction of sp³-hybridized carbons (Fsp3) is 0.455. The Hall–Kier alpha value is -1.93. The molecule has 156 valence electrons. The van der Waals surface area contributed by atoms with Crippen molar-refractivity contribution >= 4 is 10.2 Å². The van der Waals surface area contributed by atoms with Gasteiger partial charge in [0.05, 0.1) is 0 Å². The molecule has 1 heterocycles. The maximum Gasteiger partial charge on any atom is 0.279 e. The predicted molar refractivity (Wildman–Crippen MR) is 114 cm³/mol. The Morgan fingerprint density at radius 1 is 1.00 bits per heavy atom. The highest BCUT2D eigenvalue weighted by molar-refractivity contribution is 7.87. The van der Waals surface area contributed by atoms with Crippen molar-refractivity contribution in [1.29, 1.82) is 0 Å². The first-order valence-corrected chi connectivity index (χ1v) is 11.6. The van der Waals surface area contributed by atoms with Gasteiger partial charge in [-0.05, 0) is 54.5 Å². The van der Waals surface area contributed by atoms with Crippen LogP contribution in [0.3, 0.4) is 0 Å². The summed E-state index contributed by atoms with van der Waals surface area (Å²) in [4.78, 5) is 2.45. The molecule has 7 heteroatoms. The molecule has 1 saturated carbocycles. The molecule has 0 aromatic heterocycles. The second kappa shape index (κ2) is 8.44. The summed E-state index contributed by atoms with van der Waals surface area (Å²) in [5.41, 5.74) is 1.21. The molecule has 29 heavy (non-hydrogen) atoms. The number of hydrogen-bond donors (Lipinski definition) is 1. The minimum Gasteiger partial charge on any atom is -0.457 e. The summed E-state index contributed by atoms with van der Waals surface area (Å²) in [6.07, 6.45) is 2.16. The summed E-state index contributed by atoms with van der Waals surface area (Å²) in [6.45, 7) is 2.69. The van der Waals surface area contributed by atoms with Crippen molar-refractivity contribution in [1.82, 2.24) is 13.9 Å². The SMILES string of the molecule is CN(C)S(=O)(=O)NC1[C@@H]2CC[C@H]1CN(Cc1cccc(Oc3ccccc3)c1)C2. The van der Waals surface area contributed by atoms with Gasteiger partial charge < -0.3 is 4.74 Å². The van der Waals surface area contributed by atoms with E-state index in [-0.39, 0.29) is 6.04 Å². The summed E-state index contributed by atoms with van der Waals surface area (Å²) in [5, 5.41) is 0.